The molecule has 0 spiro atoms. The maximum Gasteiger partial charge on any atom is 0.256 e. The number of anilines is 2. The van der Waals surface area contributed by atoms with Crippen molar-refractivity contribution in [1.82, 2.24) is 0 Å². The van der Waals surface area contributed by atoms with Crippen LogP contribution in [0.4, 0.5) is 11.4 Å². The van der Waals surface area contributed by atoms with Crippen molar-refractivity contribution in [3.8, 4) is 17.2 Å². The first kappa shape index (κ1) is 17.9. The number of nitriles is 1. The number of hydrogen-bond donors (Lipinski definition) is 2. The van der Waals surface area contributed by atoms with Gasteiger partial charge in [0.25, 0.3) is 5.91 Å². The highest BCUT2D eigenvalue weighted by Crippen LogP contribution is 2.27. The van der Waals surface area contributed by atoms with Gasteiger partial charge in [0, 0.05) is 29.4 Å². The van der Waals surface area contributed by atoms with E-state index < -0.39 is 0 Å². The summed E-state index contributed by atoms with van der Waals surface area (Å²) in [6, 6.07) is 23.4. The fourth-order valence-electron chi connectivity index (χ4n) is 2.81. The lowest BCUT2D eigenvalue weighted by Crippen LogP contribution is -2.14. The van der Waals surface area contributed by atoms with Gasteiger partial charge in [0.2, 0.25) is 5.91 Å². The van der Waals surface area contributed by atoms with Crippen LogP contribution in [-0.2, 0) is 4.79 Å². The van der Waals surface area contributed by atoms with Crippen molar-refractivity contribution in [3.63, 3.8) is 0 Å². The summed E-state index contributed by atoms with van der Waals surface area (Å²) >= 11 is 0. The molecule has 0 aromatic heterocycles. The van der Waals surface area contributed by atoms with Crippen molar-refractivity contribution in [2.24, 2.45) is 0 Å². The van der Waals surface area contributed by atoms with Crippen LogP contribution in [0.2, 0.25) is 0 Å². The zero-order chi connectivity index (χ0) is 19.2. The molecule has 3 aromatic carbocycles. The van der Waals surface area contributed by atoms with Gasteiger partial charge in [0.1, 0.15) is 0 Å². The molecule has 0 saturated carbocycles. The van der Waals surface area contributed by atoms with E-state index in [-0.39, 0.29) is 11.8 Å². The summed E-state index contributed by atoms with van der Waals surface area (Å²) in [7, 11) is 0. The predicted molar refractivity (Wildman–Crippen MR) is 105 cm³/mol. The Kier molecular flexibility index (Phi) is 5.29. The van der Waals surface area contributed by atoms with Gasteiger partial charge in [-0.15, -0.1) is 0 Å². The lowest BCUT2D eigenvalue weighted by molar-refractivity contribution is -0.114. The van der Waals surface area contributed by atoms with E-state index in [2.05, 4.69) is 16.7 Å². The monoisotopic (exact) mass is 355 g/mol. The fourth-order valence-corrected chi connectivity index (χ4v) is 2.81. The Hall–Kier alpha value is -3.91. The summed E-state index contributed by atoms with van der Waals surface area (Å²) in [6.45, 7) is 1.42. The Morgan fingerprint density at radius 3 is 2.15 bits per heavy atom. The third-order valence-electron chi connectivity index (χ3n) is 3.95. The second-order valence-electron chi connectivity index (χ2n) is 5.92. The van der Waals surface area contributed by atoms with Crippen LogP contribution in [0, 0.1) is 11.3 Å². The van der Waals surface area contributed by atoms with Gasteiger partial charge in [-0.2, -0.15) is 5.26 Å². The van der Waals surface area contributed by atoms with Crippen LogP contribution in [-0.4, -0.2) is 11.8 Å². The first-order valence-corrected chi connectivity index (χ1v) is 8.36. The minimum absolute atomic E-state index is 0.183. The molecule has 0 atom stereocenters. The normalized spacial score (nSPS) is 9.93. The molecular formula is C22H17N3O2. The predicted octanol–water partition coefficient (Wildman–Crippen LogP) is 4.44. The maximum absolute atomic E-state index is 12.9. The van der Waals surface area contributed by atoms with E-state index >= 15 is 0 Å². The van der Waals surface area contributed by atoms with E-state index in [0.29, 0.717) is 33.6 Å². The summed E-state index contributed by atoms with van der Waals surface area (Å²) in [6.07, 6.45) is 0. The van der Waals surface area contributed by atoms with Crippen LogP contribution in [0.15, 0.2) is 72.8 Å². The number of rotatable bonds is 4. The average Bonchev–Trinajstić information content (AvgIpc) is 2.67. The van der Waals surface area contributed by atoms with E-state index in [1.807, 2.05) is 24.3 Å². The van der Waals surface area contributed by atoms with Gasteiger partial charge < -0.3 is 10.6 Å². The number of amides is 2. The number of hydrogen-bond acceptors (Lipinski definition) is 3. The van der Waals surface area contributed by atoms with Gasteiger partial charge in [0.15, 0.2) is 0 Å². The van der Waals surface area contributed by atoms with Gasteiger partial charge >= 0.3 is 0 Å². The number of nitrogens with zero attached hydrogens (tertiary/aromatic N) is 1. The van der Waals surface area contributed by atoms with Gasteiger partial charge in [0.05, 0.1) is 11.6 Å². The molecule has 0 unspecified atom stereocenters. The molecular weight excluding hydrogens is 338 g/mol. The van der Waals surface area contributed by atoms with Crippen molar-refractivity contribution in [3.05, 3.63) is 83.9 Å². The molecule has 0 bridgehead atoms. The van der Waals surface area contributed by atoms with Gasteiger partial charge in [-0.1, -0.05) is 42.5 Å². The lowest BCUT2D eigenvalue weighted by Gasteiger charge is -2.12. The van der Waals surface area contributed by atoms with Crippen LogP contribution in [0.3, 0.4) is 0 Å². The Bertz CT molecular complexity index is 1050. The molecule has 0 heterocycles. The number of benzene rings is 3. The Labute approximate surface area is 157 Å². The SMILES string of the molecule is CC(=O)Nc1cccc(NC(=O)c2ccccc2-c2ccccc2C#N)c1. The number of carbonyl (C=O) groups is 2. The van der Waals surface area contributed by atoms with Gasteiger partial charge in [-0.05, 0) is 35.9 Å². The highest BCUT2D eigenvalue weighted by molar-refractivity contribution is 6.09. The summed E-state index contributed by atoms with van der Waals surface area (Å²) in [5.41, 5.74) is 3.52. The van der Waals surface area contributed by atoms with Crippen molar-refractivity contribution in [2.75, 3.05) is 10.6 Å². The highest BCUT2D eigenvalue weighted by Gasteiger charge is 2.15. The molecule has 0 fully saturated rings. The fraction of sp³-hybridized carbons (Fsp3) is 0.0455. The molecule has 5 heteroatoms. The highest BCUT2D eigenvalue weighted by atomic mass is 16.2. The van der Waals surface area contributed by atoms with Crippen LogP contribution in [0.5, 0.6) is 0 Å². The summed E-state index contributed by atoms with van der Waals surface area (Å²) < 4.78 is 0. The summed E-state index contributed by atoms with van der Waals surface area (Å²) in [5, 5.41) is 14.9. The molecule has 132 valence electrons. The first-order valence-electron chi connectivity index (χ1n) is 8.36. The summed E-state index contributed by atoms with van der Waals surface area (Å²) in [5.74, 6) is -0.477. The molecule has 2 N–H and O–H groups in total. The average molecular weight is 355 g/mol. The lowest BCUT2D eigenvalue weighted by atomic mass is 9.95. The molecule has 0 radical (unpaired) electrons. The molecule has 2 amide bonds. The van der Waals surface area contributed by atoms with Crippen LogP contribution in [0.25, 0.3) is 11.1 Å². The topological polar surface area (TPSA) is 82.0 Å². The van der Waals surface area contributed by atoms with Crippen LogP contribution < -0.4 is 10.6 Å². The smallest absolute Gasteiger partial charge is 0.256 e. The number of nitrogens with one attached hydrogen (secondary N) is 2. The Morgan fingerprint density at radius 1 is 0.815 bits per heavy atom. The molecule has 3 rings (SSSR count). The van der Waals surface area contributed by atoms with Crippen molar-refractivity contribution in [2.45, 2.75) is 6.92 Å². The molecule has 3 aromatic rings. The zero-order valence-electron chi connectivity index (χ0n) is 14.7. The van der Waals surface area contributed by atoms with Crippen molar-refractivity contribution in [1.29, 1.82) is 5.26 Å². The second kappa shape index (κ2) is 7.98. The molecule has 27 heavy (non-hydrogen) atoms. The van der Waals surface area contributed by atoms with Gasteiger partial charge in [-0.3, -0.25) is 9.59 Å². The van der Waals surface area contributed by atoms with E-state index in [9.17, 15) is 14.9 Å². The number of carbonyl (C=O) groups excluding carboxylic acids is 2. The van der Waals surface area contributed by atoms with Crippen molar-refractivity contribution >= 4 is 23.2 Å². The third kappa shape index (κ3) is 4.20. The third-order valence-corrected chi connectivity index (χ3v) is 3.95. The molecule has 0 aliphatic heterocycles. The standard InChI is InChI=1S/C22H17N3O2/c1-15(26)24-17-8-6-9-18(13-17)25-22(27)21-12-5-4-11-20(21)19-10-3-2-7-16(19)14-23/h2-13H,1H3,(H,24,26)(H,25,27). The molecule has 0 saturated heterocycles. The molecule has 0 aliphatic carbocycles. The Morgan fingerprint density at radius 2 is 1.44 bits per heavy atom. The maximum atomic E-state index is 12.9. The minimum Gasteiger partial charge on any atom is -0.326 e. The largest absolute Gasteiger partial charge is 0.326 e. The molecule has 0 aliphatic rings. The second-order valence-corrected chi connectivity index (χ2v) is 5.92. The molecule has 5 nitrogen and oxygen atoms in total. The Balaban J connectivity index is 1.93. The van der Waals surface area contributed by atoms with Crippen molar-refractivity contribution < 1.29 is 9.59 Å². The van der Waals surface area contributed by atoms with E-state index in [1.54, 1.807) is 48.5 Å². The van der Waals surface area contributed by atoms with Crippen LogP contribution >= 0.6 is 0 Å². The van der Waals surface area contributed by atoms with Gasteiger partial charge in [-0.25, -0.2) is 0 Å². The van der Waals surface area contributed by atoms with E-state index in [0.717, 1.165) is 0 Å². The minimum atomic E-state index is -0.293. The summed E-state index contributed by atoms with van der Waals surface area (Å²) in [4.78, 5) is 24.1. The zero-order valence-corrected chi connectivity index (χ0v) is 14.7. The first-order chi connectivity index (χ1) is 13.1. The van der Waals surface area contributed by atoms with E-state index in [4.69, 9.17) is 0 Å². The van der Waals surface area contributed by atoms with E-state index in [1.165, 1.54) is 6.92 Å². The quantitative estimate of drug-likeness (QED) is 0.726. The van der Waals surface area contributed by atoms with Crippen LogP contribution in [0.1, 0.15) is 22.8 Å².